The first kappa shape index (κ1) is 29.7. The Labute approximate surface area is 225 Å². The summed E-state index contributed by atoms with van der Waals surface area (Å²) in [5, 5.41) is 12.3. The average Bonchev–Trinajstić information content (AvgIpc) is 3.51. The van der Waals surface area contributed by atoms with Crippen LogP contribution in [0.5, 0.6) is 0 Å². The molecule has 38 heavy (non-hydrogen) atoms. The number of aldehydes is 1. The fourth-order valence-corrected chi connectivity index (χ4v) is 4.93. The van der Waals surface area contributed by atoms with Gasteiger partial charge in [0, 0.05) is 48.1 Å². The number of thiazole rings is 1. The predicted octanol–water partition coefficient (Wildman–Crippen LogP) is 2.99. The van der Waals surface area contributed by atoms with Crippen molar-refractivity contribution < 1.29 is 37.3 Å². The Morgan fingerprint density at radius 3 is 2.79 bits per heavy atom. The maximum absolute atomic E-state index is 14.5. The number of ether oxygens (including phenoxy) is 2. The number of aliphatic hydroxyl groups excluding tert-OH is 1. The highest BCUT2D eigenvalue weighted by atomic mass is 35.5. The van der Waals surface area contributed by atoms with Crippen molar-refractivity contribution in [3.8, 4) is 0 Å². The second-order valence-corrected chi connectivity index (χ2v) is 9.34. The van der Waals surface area contributed by atoms with E-state index in [2.05, 4.69) is 15.3 Å². The first-order chi connectivity index (χ1) is 18.2. The van der Waals surface area contributed by atoms with E-state index in [1.807, 2.05) is 0 Å². The van der Waals surface area contributed by atoms with E-state index < -0.39 is 43.0 Å². The number of esters is 1. The number of carbonyl (C=O) groups is 2. The second-order valence-electron chi connectivity index (χ2n) is 8.04. The number of aliphatic imine (C=N–C) groups is 1. The summed E-state index contributed by atoms with van der Waals surface area (Å²) in [6.45, 7) is 0.317. The molecule has 0 saturated carbocycles. The zero-order valence-electron chi connectivity index (χ0n) is 20.5. The highest BCUT2D eigenvalue weighted by molar-refractivity contribution is 7.11. The van der Waals surface area contributed by atoms with Gasteiger partial charge in [0.25, 0.3) is 5.92 Å². The third-order valence-corrected chi connectivity index (χ3v) is 6.70. The zero-order valence-corrected chi connectivity index (χ0v) is 22.1. The fourth-order valence-electron chi connectivity index (χ4n) is 4.07. The summed E-state index contributed by atoms with van der Waals surface area (Å²) in [4.78, 5) is 34.0. The number of carbonyl (C=O) groups excluding carboxylic acids is 2. The quantitative estimate of drug-likeness (QED) is 0.347. The lowest BCUT2D eigenvalue weighted by Crippen LogP contribution is -2.39. The summed E-state index contributed by atoms with van der Waals surface area (Å²) >= 11 is 7.62. The third kappa shape index (κ3) is 6.77. The molecule has 0 spiro atoms. The van der Waals surface area contributed by atoms with Gasteiger partial charge >= 0.3 is 5.97 Å². The molecule has 1 unspecified atom stereocenters. The topological polar surface area (TPSA) is 113 Å². The van der Waals surface area contributed by atoms with Gasteiger partial charge in [0.2, 0.25) is 0 Å². The fraction of sp³-hybridized carbons (Fsp3) is 0.417. The van der Waals surface area contributed by atoms with E-state index in [-0.39, 0.29) is 36.0 Å². The monoisotopic (exact) mass is 574 g/mol. The third-order valence-electron chi connectivity index (χ3n) is 5.59. The maximum atomic E-state index is 14.5. The summed E-state index contributed by atoms with van der Waals surface area (Å²) < 4.78 is 53.2. The van der Waals surface area contributed by atoms with Gasteiger partial charge in [-0.3, -0.25) is 9.89 Å². The Kier molecular flexibility index (Phi) is 10.4. The minimum absolute atomic E-state index is 0.0420. The van der Waals surface area contributed by atoms with Gasteiger partial charge in [-0.05, 0) is 19.1 Å². The zero-order chi connectivity index (χ0) is 27.9. The van der Waals surface area contributed by atoms with Crippen LogP contribution in [-0.2, 0) is 19.1 Å². The minimum Gasteiger partial charge on any atom is -0.463 e. The molecule has 14 heteroatoms. The van der Waals surface area contributed by atoms with E-state index in [9.17, 15) is 22.8 Å². The molecule has 4 rings (SSSR count). The molecule has 3 heterocycles. The Morgan fingerprint density at radius 1 is 1.39 bits per heavy atom. The summed E-state index contributed by atoms with van der Waals surface area (Å²) in [7, 11) is 1.00. The number of likely N-dealkylation sites (tertiary alicyclic amines) is 1. The van der Waals surface area contributed by atoms with Crippen LogP contribution in [0, 0.1) is 5.82 Å². The molecule has 0 amide bonds. The Morgan fingerprint density at radius 2 is 2.16 bits per heavy atom. The smallest absolute Gasteiger partial charge is 0.338 e. The van der Waals surface area contributed by atoms with Crippen molar-refractivity contribution in [2.75, 3.05) is 40.0 Å². The number of nitrogens with one attached hydrogen (secondary N) is 1. The molecule has 1 aromatic carbocycles. The number of halogens is 4. The van der Waals surface area contributed by atoms with Gasteiger partial charge in [-0.2, -0.15) is 0 Å². The molecule has 2 atom stereocenters. The van der Waals surface area contributed by atoms with Crippen LogP contribution in [0.4, 0.5) is 13.2 Å². The second kappa shape index (κ2) is 13.3. The van der Waals surface area contributed by atoms with E-state index in [1.54, 1.807) is 18.5 Å². The molecule has 0 radical (unpaired) electrons. The van der Waals surface area contributed by atoms with Crippen molar-refractivity contribution in [3.05, 3.63) is 62.5 Å². The summed E-state index contributed by atoms with van der Waals surface area (Å²) in [5.74, 6) is -4.18. The highest BCUT2D eigenvalue weighted by Crippen LogP contribution is 2.38. The van der Waals surface area contributed by atoms with Crippen LogP contribution in [0.15, 0.2) is 46.0 Å². The molecule has 2 aliphatic heterocycles. The largest absolute Gasteiger partial charge is 0.463 e. The highest BCUT2D eigenvalue weighted by Gasteiger charge is 2.49. The standard InChI is InChI=1S/C23H22ClF3N4O4S.CH4O/c1-2-34-22(33)18-16(10-31-11-17(35-7-6-32)23(26,27)12-31)29-20(21-28-5-8-36-21)30-19(18)14-4-3-13(25)9-15(14)24;1-2/h3-6,8-9,17,19H,2,7,10-12H2,1H3,(H,29,30);2H,1H3/t17?,19-;/m0./s1. The SMILES string of the molecule is CCOC(=O)C1=C(CN2CC(OCC=O)C(F)(F)C2)NC(c2nccs2)=N[C@H]1c1ccc(F)cc1Cl.CO. The summed E-state index contributed by atoms with van der Waals surface area (Å²) in [6, 6.07) is 2.72. The lowest BCUT2D eigenvalue weighted by molar-refractivity contribution is -0.139. The normalized spacial score (nSPS) is 20.8. The van der Waals surface area contributed by atoms with Crippen molar-refractivity contribution in [3.63, 3.8) is 0 Å². The predicted molar refractivity (Wildman–Crippen MR) is 135 cm³/mol. The van der Waals surface area contributed by atoms with E-state index >= 15 is 0 Å². The molecule has 1 saturated heterocycles. The molecule has 1 aromatic heterocycles. The Hall–Kier alpha value is -2.84. The first-order valence-corrected chi connectivity index (χ1v) is 12.7. The lowest BCUT2D eigenvalue weighted by atomic mass is 9.95. The van der Waals surface area contributed by atoms with Gasteiger partial charge in [-0.15, -0.1) is 11.3 Å². The van der Waals surface area contributed by atoms with Crippen LogP contribution in [0.3, 0.4) is 0 Å². The molecular weight excluding hydrogens is 549 g/mol. The maximum Gasteiger partial charge on any atom is 0.338 e. The molecule has 9 nitrogen and oxygen atoms in total. The number of alkyl halides is 2. The number of benzene rings is 1. The molecule has 1 fully saturated rings. The van der Waals surface area contributed by atoms with E-state index in [0.29, 0.717) is 22.7 Å². The van der Waals surface area contributed by atoms with Gasteiger partial charge in [-0.25, -0.2) is 22.9 Å². The lowest BCUT2D eigenvalue weighted by Gasteiger charge is -2.29. The van der Waals surface area contributed by atoms with Crippen molar-refractivity contribution >= 4 is 41.0 Å². The van der Waals surface area contributed by atoms with Crippen molar-refractivity contribution in [1.82, 2.24) is 15.2 Å². The summed E-state index contributed by atoms with van der Waals surface area (Å²) in [6.07, 6.45) is 0.508. The number of aliphatic hydroxyl groups is 1. The summed E-state index contributed by atoms with van der Waals surface area (Å²) in [5.41, 5.74) is 0.672. The Bertz CT molecular complexity index is 1200. The van der Waals surface area contributed by atoms with Gasteiger partial charge in [0.05, 0.1) is 18.7 Å². The number of nitrogens with zero attached hydrogens (tertiary/aromatic N) is 3. The van der Waals surface area contributed by atoms with Crippen LogP contribution in [-0.4, -0.2) is 85.1 Å². The van der Waals surface area contributed by atoms with Crippen LogP contribution < -0.4 is 5.32 Å². The molecule has 2 aromatic rings. The first-order valence-electron chi connectivity index (χ1n) is 11.4. The van der Waals surface area contributed by atoms with Crippen LogP contribution in [0.1, 0.15) is 23.5 Å². The molecule has 206 valence electrons. The van der Waals surface area contributed by atoms with E-state index in [0.717, 1.165) is 13.2 Å². The molecule has 2 aliphatic rings. The van der Waals surface area contributed by atoms with Crippen LogP contribution in [0.2, 0.25) is 5.02 Å². The molecule has 2 N–H and O–H groups in total. The Balaban J connectivity index is 0.00000195. The number of hydrogen-bond donors (Lipinski definition) is 2. The molecule has 0 aliphatic carbocycles. The van der Waals surface area contributed by atoms with Crippen LogP contribution in [0.25, 0.3) is 0 Å². The molecular formula is C24H26ClF3N4O5S. The van der Waals surface area contributed by atoms with Crippen LogP contribution >= 0.6 is 22.9 Å². The van der Waals surface area contributed by atoms with Crippen molar-refractivity contribution in [1.29, 1.82) is 0 Å². The van der Waals surface area contributed by atoms with Crippen molar-refractivity contribution in [2.24, 2.45) is 4.99 Å². The van der Waals surface area contributed by atoms with E-state index in [1.165, 1.54) is 28.4 Å². The molecule has 0 bridgehead atoms. The van der Waals surface area contributed by atoms with Gasteiger partial charge in [-0.1, -0.05) is 17.7 Å². The number of aromatic nitrogens is 1. The number of amidine groups is 1. The number of rotatable bonds is 9. The van der Waals surface area contributed by atoms with Gasteiger partial charge in [0.1, 0.15) is 30.9 Å². The number of hydrogen-bond acceptors (Lipinski definition) is 10. The van der Waals surface area contributed by atoms with Gasteiger partial charge < -0.3 is 24.7 Å². The minimum atomic E-state index is -3.20. The van der Waals surface area contributed by atoms with Gasteiger partial charge in [0.15, 0.2) is 10.8 Å². The average molecular weight is 575 g/mol. The van der Waals surface area contributed by atoms with Crippen molar-refractivity contribution in [2.45, 2.75) is 25.0 Å². The van der Waals surface area contributed by atoms with E-state index in [4.69, 9.17) is 26.2 Å².